The van der Waals surface area contributed by atoms with E-state index in [1.807, 2.05) is 52.9 Å². The molecule has 9 nitrogen and oxygen atoms in total. The molecule has 4 aromatic rings. The Morgan fingerprint density at radius 2 is 1.87 bits per heavy atom. The molecule has 1 aliphatic heterocycles. The molecule has 1 atom stereocenters. The van der Waals surface area contributed by atoms with E-state index >= 15 is 0 Å². The third kappa shape index (κ3) is 5.70. The van der Waals surface area contributed by atoms with Crippen molar-refractivity contribution in [2.45, 2.75) is 18.9 Å². The molecule has 0 aliphatic carbocycles. The van der Waals surface area contributed by atoms with Crippen molar-refractivity contribution >= 4 is 22.6 Å². The summed E-state index contributed by atoms with van der Waals surface area (Å²) in [6.45, 7) is 1.84. The number of nitrogens with zero attached hydrogens (tertiary/aromatic N) is 4. The zero-order valence-electron chi connectivity index (χ0n) is 21.9. The summed E-state index contributed by atoms with van der Waals surface area (Å²) in [4.78, 5) is 29.6. The highest BCUT2D eigenvalue weighted by atomic mass is 19.1. The molecule has 0 radical (unpaired) electrons. The number of likely N-dealkylation sites (tertiary alicyclic amines) is 1. The molecule has 1 amide bonds. The third-order valence-corrected chi connectivity index (χ3v) is 6.83. The van der Waals surface area contributed by atoms with Gasteiger partial charge in [0.05, 0.1) is 11.4 Å². The fraction of sp³-hybridized carbons (Fsp3) is 0.276. The molecule has 10 heteroatoms. The number of aromatic nitrogens is 3. The number of carbonyl (C=O) groups is 1. The van der Waals surface area contributed by atoms with Crippen LogP contribution in [0.5, 0.6) is 11.5 Å². The first kappa shape index (κ1) is 26.2. The molecular formula is C29H31FN6O3. The largest absolute Gasteiger partial charge is 0.457 e. The Morgan fingerprint density at radius 3 is 2.56 bits per heavy atom. The van der Waals surface area contributed by atoms with Gasteiger partial charge >= 0.3 is 0 Å². The second-order valence-corrected chi connectivity index (χ2v) is 9.94. The lowest BCUT2D eigenvalue weighted by molar-refractivity contribution is -0.127. The molecule has 3 N–H and O–H groups in total. The van der Waals surface area contributed by atoms with Crippen molar-refractivity contribution in [1.82, 2.24) is 24.6 Å². The van der Waals surface area contributed by atoms with Gasteiger partial charge in [-0.3, -0.25) is 9.59 Å². The number of hydrogen-bond acceptors (Lipinski definition) is 6. The van der Waals surface area contributed by atoms with Gasteiger partial charge in [0, 0.05) is 37.5 Å². The SMILES string of the molecule is CN(C)CC=CC(=O)N1CCCC(n2cc(-c3ccc(Oc4ccc(F)cc4)cc3)c3c(N)n[nH]c(=O)c32)C1. The number of anilines is 1. The van der Waals surface area contributed by atoms with E-state index in [1.54, 1.807) is 30.3 Å². The molecule has 2 aromatic carbocycles. The van der Waals surface area contributed by atoms with Crippen LogP contribution in [-0.2, 0) is 4.79 Å². The number of nitrogens with one attached hydrogen (secondary N) is 1. The molecule has 1 aliphatic rings. The predicted molar refractivity (Wildman–Crippen MR) is 149 cm³/mol. The van der Waals surface area contributed by atoms with Crippen LogP contribution < -0.4 is 16.0 Å². The number of aromatic amines is 1. The zero-order valence-corrected chi connectivity index (χ0v) is 21.9. The summed E-state index contributed by atoms with van der Waals surface area (Å²) in [5.41, 5.74) is 7.98. The number of halogens is 1. The van der Waals surface area contributed by atoms with Gasteiger partial charge in [-0.1, -0.05) is 18.2 Å². The molecule has 1 unspecified atom stereocenters. The van der Waals surface area contributed by atoms with Crippen LogP contribution in [0.2, 0.25) is 0 Å². The van der Waals surface area contributed by atoms with E-state index in [0.717, 1.165) is 24.0 Å². The van der Waals surface area contributed by atoms with E-state index in [4.69, 9.17) is 10.5 Å². The number of benzene rings is 2. The first-order valence-electron chi connectivity index (χ1n) is 12.8. The van der Waals surface area contributed by atoms with Crippen LogP contribution in [0.3, 0.4) is 0 Å². The van der Waals surface area contributed by atoms with Crippen molar-refractivity contribution in [3.8, 4) is 22.6 Å². The summed E-state index contributed by atoms with van der Waals surface area (Å²) < 4.78 is 21.0. The number of likely N-dealkylation sites (N-methyl/N-ethyl adjacent to an activating group) is 1. The molecule has 0 bridgehead atoms. The highest BCUT2D eigenvalue weighted by Crippen LogP contribution is 2.36. The maximum absolute atomic E-state index is 13.2. The lowest BCUT2D eigenvalue weighted by atomic mass is 10.1. The van der Waals surface area contributed by atoms with Gasteiger partial charge in [0.15, 0.2) is 5.82 Å². The number of amides is 1. The fourth-order valence-corrected chi connectivity index (χ4v) is 4.93. The number of piperidine rings is 1. The monoisotopic (exact) mass is 530 g/mol. The van der Waals surface area contributed by atoms with Gasteiger partial charge in [-0.15, -0.1) is 0 Å². The van der Waals surface area contributed by atoms with Crippen molar-refractivity contribution < 1.29 is 13.9 Å². The van der Waals surface area contributed by atoms with Gasteiger partial charge in [-0.25, -0.2) is 9.49 Å². The predicted octanol–water partition coefficient (Wildman–Crippen LogP) is 4.19. The van der Waals surface area contributed by atoms with Crippen molar-refractivity contribution in [2.24, 2.45) is 0 Å². The minimum Gasteiger partial charge on any atom is -0.457 e. The van der Waals surface area contributed by atoms with Crippen molar-refractivity contribution in [2.75, 3.05) is 39.5 Å². The minimum atomic E-state index is -0.337. The number of nitrogen functional groups attached to an aromatic ring is 1. The minimum absolute atomic E-state index is 0.0370. The van der Waals surface area contributed by atoms with E-state index in [1.165, 1.54) is 12.1 Å². The van der Waals surface area contributed by atoms with Crippen molar-refractivity contribution in [3.05, 3.63) is 83.1 Å². The summed E-state index contributed by atoms with van der Waals surface area (Å²) in [6.07, 6.45) is 7.04. The molecule has 1 saturated heterocycles. The number of hydrogen-bond donors (Lipinski definition) is 2. The van der Waals surface area contributed by atoms with Gasteiger partial charge < -0.3 is 24.8 Å². The normalized spacial score (nSPS) is 15.9. The van der Waals surface area contributed by atoms with Gasteiger partial charge in [-0.2, -0.15) is 5.10 Å². The molecule has 3 heterocycles. The number of carbonyl (C=O) groups excluding carboxylic acids is 1. The summed E-state index contributed by atoms with van der Waals surface area (Å²) in [7, 11) is 3.90. The Balaban J connectivity index is 1.45. The molecule has 5 rings (SSSR count). The van der Waals surface area contributed by atoms with E-state index < -0.39 is 0 Å². The summed E-state index contributed by atoms with van der Waals surface area (Å²) >= 11 is 0. The highest BCUT2D eigenvalue weighted by Gasteiger charge is 2.27. The summed E-state index contributed by atoms with van der Waals surface area (Å²) in [6, 6.07) is 13.1. The molecule has 0 spiro atoms. The number of nitrogens with two attached hydrogens (primary N) is 1. The second kappa shape index (κ2) is 11.1. The van der Waals surface area contributed by atoms with Gasteiger partial charge in [0.1, 0.15) is 22.8 Å². The van der Waals surface area contributed by atoms with Crippen LogP contribution in [-0.4, -0.2) is 64.2 Å². The fourth-order valence-electron chi connectivity index (χ4n) is 4.93. The maximum atomic E-state index is 13.2. The highest BCUT2D eigenvalue weighted by molar-refractivity contribution is 6.02. The van der Waals surface area contributed by atoms with Gasteiger partial charge in [0.2, 0.25) is 5.91 Å². The van der Waals surface area contributed by atoms with E-state index in [2.05, 4.69) is 10.2 Å². The number of ether oxygens (including phenoxy) is 1. The van der Waals surface area contributed by atoms with Crippen LogP contribution in [0.4, 0.5) is 10.2 Å². The Labute approximate surface area is 225 Å². The molecule has 0 saturated carbocycles. The first-order valence-corrected chi connectivity index (χ1v) is 12.8. The number of rotatable bonds is 7. The molecule has 1 fully saturated rings. The van der Waals surface area contributed by atoms with Crippen molar-refractivity contribution in [1.29, 1.82) is 0 Å². The molecule has 39 heavy (non-hydrogen) atoms. The van der Waals surface area contributed by atoms with Crippen LogP contribution in [0.1, 0.15) is 18.9 Å². The smallest absolute Gasteiger partial charge is 0.288 e. The lowest BCUT2D eigenvalue weighted by Gasteiger charge is -2.33. The van der Waals surface area contributed by atoms with Gasteiger partial charge in [0.25, 0.3) is 5.56 Å². The molecule has 2 aromatic heterocycles. The summed E-state index contributed by atoms with van der Waals surface area (Å²) in [5, 5.41) is 7.09. The third-order valence-electron chi connectivity index (χ3n) is 6.83. The Kier molecular flexibility index (Phi) is 7.47. The number of fused-ring (bicyclic) bond motifs is 1. The van der Waals surface area contributed by atoms with E-state index in [0.29, 0.717) is 42.0 Å². The average molecular weight is 531 g/mol. The van der Waals surface area contributed by atoms with Crippen LogP contribution in [0.25, 0.3) is 22.0 Å². The van der Waals surface area contributed by atoms with Gasteiger partial charge in [-0.05, 0) is 68.9 Å². The summed E-state index contributed by atoms with van der Waals surface area (Å²) in [5.74, 6) is 0.961. The second-order valence-electron chi connectivity index (χ2n) is 9.94. The van der Waals surface area contributed by atoms with Crippen LogP contribution >= 0.6 is 0 Å². The Bertz CT molecular complexity index is 1560. The maximum Gasteiger partial charge on any atom is 0.288 e. The first-order chi connectivity index (χ1) is 18.8. The molecular weight excluding hydrogens is 499 g/mol. The average Bonchev–Trinajstić information content (AvgIpc) is 3.34. The van der Waals surface area contributed by atoms with Crippen molar-refractivity contribution in [3.63, 3.8) is 0 Å². The van der Waals surface area contributed by atoms with E-state index in [9.17, 15) is 14.0 Å². The standard InChI is InChI=1S/C29H31FN6O3/c1-34(2)15-4-6-25(37)35-16-3-5-21(17-35)36-18-24(26-27(36)29(38)33-32-28(26)31)19-7-11-22(12-8-19)39-23-13-9-20(30)10-14-23/h4,6-14,18,21H,3,5,15-17H2,1-2H3,(H2,31,32)(H,33,38). The Hall–Kier alpha value is -4.44. The van der Waals surface area contributed by atoms with Crippen LogP contribution in [0.15, 0.2) is 71.7 Å². The zero-order chi connectivity index (χ0) is 27.5. The Morgan fingerprint density at radius 1 is 1.18 bits per heavy atom. The van der Waals surface area contributed by atoms with E-state index in [-0.39, 0.29) is 29.1 Å². The lowest BCUT2D eigenvalue weighted by Crippen LogP contribution is -2.40. The number of H-pyrrole nitrogens is 1. The quantitative estimate of drug-likeness (QED) is 0.347. The van der Waals surface area contributed by atoms with Crippen LogP contribution in [0, 0.1) is 5.82 Å². The molecule has 202 valence electrons. The topological polar surface area (TPSA) is 109 Å².